The molecule has 1 aliphatic heterocycles. The molecule has 1 fully saturated rings. The van der Waals surface area contributed by atoms with Gasteiger partial charge in [0.05, 0.1) is 24.9 Å². The number of nitrogens with zero attached hydrogens (tertiary/aromatic N) is 6. The number of piperidine rings is 1. The molecule has 3 heterocycles. The van der Waals surface area contributed by atoms with Gasteiger partial charge in [-0.1, -0.05) is 35.8 Å². The lowest BCUT2D eigenvalue weighted by Gasteiger charge is -2.32. The minimum absolute atomic E-state index is 0.0841. The number of benzene rings is 1. The molecule has 9 nitrogen and oxygen atoms in total. The molecule has 4 rings (SSSR count). The van der Waals surface area contributed by atoms with E-state index in [1.54, 1.807) is 25.3 Å². The zero-order chi connectivity index (χ0) is 21.3. The Morgan fingerprint density at radius 3 is 2.73 bits per heavy atom. The Balaban J connectivity index is 1.42. The highest BCUT2D eigenvalue weighted by Gasteiger charge is 2.27. The number of carbonyl (C=O) groups is 1. The van der Waals surface area contributed by atoms with Crippen molar-refractivity contribution in [2.45, 2.75) is 38.6 Å². The van der Waals surface area contributed by atoms with Crippen LogP contribution in [0.2, 0.25) is 5.02 Å². The van der Waals surface area contributed by atoms with Gasteiger partial charge in [-0.05, 0) is 31.0 Å². The summed E-state index contributed by atoms with van der Waals surface area (Å²) in [6, 6.07) is 5.21. The van der Waals surface area contributed by atoms with Crippen LogP contribution in [-0.4, -0.2) is 56.1 Å². The first kappa shape index (κ1) is 20.3. The van der Waals surface area contributed by atoms with Crippen LogP contribution in [0.1, 0.15) is 54.8 Å². The van der Waals surface area contributed by atoms with E-state index in [1.807, 2.05) is 29.6 Å². The van der Waals surface area contributed by atoms with E-state index in [-0.39, 0.29) is 17.9 Å². The van der Waals surface area contributed by atoms with Crippen LogP contribution in [0.3, 0.4) is 0 Å². The maximum Gasteiger partial charge on any atom is 0.280 e. The minimum Gasteiger partial charge on any atom is -0.496 e. The second-order valence-corrected chi connectivity index (χ2v) is 8.00. The van der Waals surface area contributed by atoms with Crippen molar-refractivity contribution in [1.82, 2.24) is 30.0 Å². The van der Waals surface area contributed by atoms with Crippen LogP contribution in [0.25, 0.3) is 11.6 Å². The first-order valence-electron chi connectivity index (χ1n) is 9.85. The molecule has 0 radical (unpaired) electrons. The molecule has 0 aliphatic carbocycles. The zero-order valence-electron chi connectivity index (χ0n) is 17.1. The van der Waals surface area contributed by atoms with Crippen LogP contribution < -0.4 is 4.74 Å². The van der Waals surface area contributed by atoms with Crippen molar-refractivity contribution < 1.29 is 14.1 Å². The van der Waals surface area contributed by atoms with Crippen LogP contribution >= 0.6 is 11.6 Å². The molecule has 0 unspecified atom stereocenters. The molecule has 0 spiro atoms. The number of methoxy groups -OCH3 is 1. The number of carbonyl (C=O) groups excluding carboxylic acids is 1. The van der Waals surface area contributed by atoms with Crippen LogP contribution in [-0.2, 0) is 0 Å². The van der Waals surface area contributed by atoms with Crippen molar-refractivity contribution in [2.75, 3.05) is 20.2 Å². The summed E-state index contributed by atoms with van der Waals surface area (Å²) in [7, 11) is 1.54. The average molecular weight is 431 g/mol. The van der Waals surface area contributed by atoms with Gasteiger partial charge in [-0.2, -0.15) is 4.98 Å². The molecule has 1 aliphatic rings. The molecule has 0 saturated carbocycles. The molecule has 158 valence electrons. The molecule has 1 saturated heterocycles. The number of ether oxygens (including phenoxy) is 1. The highest BCUT2D eigenvalue weighted by molar-refractivity contribution is 6.31. The highest BCUT2D eigenvalue weighted by atomic mass is 35.5. The van der Waals surface area contributed by atoms with Crippen molar-refractivity contribution >= 4 is 17.5 Å². The lowest BCUT2D eigenvalue weighted by molar-refractivity contribution is 0.0686. The molecular weight excluding hydrogens is 408 g/mol. The minimum atomic E-state index is -0.0841. The molecule has 1 amide bonds. The van der Waals surface area contributed by atoms with E-state index < -0.39 is 0 Å². The van der Waals surface area contributed by atoms with Gasteiger partial charge in [-0.15, -0.1) is 5.10 Å². The molecule has 10 heteroatoms. The smallest absolute Gasteiger partial charge is 0.280 e. The Kier molecular flexibility index (Phi) is 5.72. The molecular formula is C20H23ClN6O3. The normalized spacial score (nSPS) is 15.0. The molecule has 0 N–H and O–H groups in total. The largest absolute Gasteiger partial charge is 0.496 e. The van der Waals surface area contributed by atoms with E-state index in [1.165, 1.54) is 0 Å². The van der Waals surface area contributed by atoms with Crippen molar-refractivity contribution in [3.8, 4) is 17.3 Å². The SMILES string of the molecule is COc1ccc(Cl)cc1C(=O)N1CCC(n2cc(-c3nc(C(C)C)no3)nn2)CC1. The second kappa shape index (κ2) is 8.43. The summed E-state index contributed by atoms with van der Waals surface area (Å²) in [6.45, 7) is 5.21. The Morgan fingerprint density at radius 2 is 2.07 bits per heavy atom. The lowest BCUT2D eigenvalue weighted by atomic mass is 10.0. The Hall–Kier alpha value is -2.94. The van der Waals surface area contributed by atoms with E-state index in [4.69, 9.17) is 20.9 Å². The Labute approximate surface area is 179 Å². The number of hydrogen-bond acceptors (Lipinski definition) is 7. The first-order valence-corrected chi connectivity index (χ1v) is 10.2. The van der Waals surface area contributed by atoms with Gasteiger partial charge in [0.1, 0.15) is 5.75 Å². The van der Waals surface area contributed by atoms with Gasteiger partial charge < -0.3 is 14.2 Å². The summed E-state index contributed by atoms with van der Waals surface area (Å²) in [5.41, 5.74) is 1.03. The number of hydrogen-bond donors (Lipinski definition) is 0. The second-order valence-electron chi connectivity index (χ2n) is 7.56. The third kappa shape index (κ3) is 4.02. The zero-order valence-corrected chi connectivity index (χ0v) is 17.8. The fourth-order valence-electron chi connectivity index (χ4n) is 3.48. The maximum absolute atomic E-state index is 12.9. The molecule has 2 aromatic heterocycles. The van der Waals surface area contributed by atoms with Crippen molar-refractivity contribution in [2.24, 2.45) is 0 Å². The summed E-state index contributed by atoms with van der Waals surface area (Å²) >= 11 is 6.07. The predicted molar refractivity (Wildman–Crippen MR) is 110 cm³/mol. The van der Waals surface area contributed by atoms with Crippen LogP contribution in [0.4, 0.5) is 0 Å². The van der Waals surface area contributed by atoms with Crippen molar-refractivity contribution in [3.63, 3.8) is 0 Å². The van der Waals surface area contributed by atoms with E-state index in [2.05, 4.69) is 20.5 Å². The Bertz CT molecular complexity index is 1040. The Morgan fingerprint density at radius 1 is 1.30 bits per heavy atom. The van der Waals surface area contributed by atoms with Gasteiger partial charge in [-0.25, -0.2) is 4.68 Å². The quantitative estimate of drug-likeness (QED) is 0.609. The number of amides is 1. The molecule has 3 aromatic rings. The fraction of sp³-hybridized carbons (Fsp3) is 0.450. The summed E-state index contributed by atoms with van der Waals surface area (Å²) in [4.78, 5) is 19.1. The van der Waals surface area contributed by atoms with Gasteiger partial charge in [0, 0.05) is 24.0 Å². The summed E-state index contributed by atoms with van der Waals surface area (Å²) in [5.74, 6) is 1.62. The summed E-state index contributed by atoms with van der Waals surface area (Å²) in [5, 5.41) is 12.9. The fourth-order valence-corrected chi connectivity index (χ4v) is 3.65. The maximum atomic E-state index is 12.9. The predicted octanol–water partition coefficient (Wildman–Crippen LogP) is 3.59. The van der Waals surface area contributed by atoms with Crippen LogP contribution in [0.5, 0.6) is 5.75 Å². The van der Waals surface area contributed by atoms with Gasteiger partial charge in [0.2, 0.25) is 0 Å². The standard InChI is InChI=1S/C20H23ClN6O3/c1-12(2)18-22-19(30-24-18)16-11-27(25-23-16)14-6-8-26(9-7-14)20(28)15-10-13(21)4-5-17(15)29-3/h4-5,10-12,14H,6-9H2,1-3H3. The number of halogens is 1. The van der Waals surface area contributed by atoms with Gasteiger partial charge in [0.25, 0.3) is 11.8 Å². The topological polar surface area (TPSA) is 99.2 Å². The third-order valence-corrected chi connectivity index (χ3v) is 5.44. The van der Waals surface area contributed by atoms with E-state index in [9.17, 15) is 4.79 Å². The first-order chi connectivity index (χ1) is 14.5. The summed E-state index contributed by atoms with van der Waals surface area (Å²) < 4.78 is 12.4. The van der Waals surface area contributed by atoms with Crippen molar-refractivity contribution in [1.29, 1.82) is 0 Å². The number of rotatable bonds is 5. The van der Waals surface area contributed by atoms with Gasteiger partial charge >= 0.3 is 0 Å². The van der Waals surface area contributed by atoms with Gasteiger partial charge in [0.15, 0.2) is 11.5 Å². The highest BCUT2D eigenvalue weighted by Crippen LogP contribution is 2.28. The van der Waals surface area contributed by atoms with Gasteiger partial charge in [-0.3, -0.25) is 4.79 Å². The van der Waals surface area contributed by atoms with Crippen LogP contribution in [0, 0.1) is 0 Å². The number of aromatic nitrogens is 5. The number of likely N-dealkylation sites (tertiary alicyclic amines) is 1. The molecule has 1 aromatic carbocycles. The van der Waals surface area contributed by atoms with E-state index in [0.29, 0.717) is 46.8 Å². The van der Waals surface area contributed by atoms with Crippen molar-refractivity contribution in [3.05, 3.63) is 40.8 Å². The van der Waals surface area contributed by atoms with E-state index >= 15 is 0 Å². The summed E-state index contributed by atoms with van der Waals surface area (Å²) in [6.07, 6.45) is 3.34. The lowest BCUT2D eigenvalue weighted by Crippen LogP contribution is -2.39. The average Bonchev–Trinajstić information content (AvgIpc) is 3.43. The van der Waals surface area contributed by atoms with E-state index in [0.717, 1.165) is 12.8 Å². The monoisotopic (exact) mass is 430 g/mol. The molecule has 0 bridgehead atoms. The third-order valence-electron chi connectivity index (χ3n) is 5.21. The molecule has 30 heavy (non-hydrogen) atoms. The van der Waals surface area contributed by atoms with Crippen LogP contribution in [0.15, 0.2) is 28.9 Å². The molecule has 0 atom stereocenters.